The lowest BCUT2D eigenvalue weighted by Crippen LogP contribution is -2.56. The van der Waals surface area contributed by atoms with E-state index in [0.717, 1.165) is 17.8 Å². The summed E-state index contributed by atoms with van der Waals surface area (Å²) in [6.07, 6.45) is 8.17. The summed E-state index contributed by atoms with van der Waals surface area (Å²) in [5.41, 5.74) is 0.276. The maximum Gasteiger partial charge on any atom is 0.0748 e. The van der Waals surface area contributed by atoms with Gasteiger partial charge in [0.15, 0.2) is 0 Å². The van der Waals surface area contributed by atoms with E-state index >= 15 is 0 Å². The molecular weight excluding hydrogens is 210 g/mol. The van der Waals surface area contributed by atoms with Gasteiger partial charge in [0.25, 0.3) is 0 Å². The number of likely N-dealkylation sites (N-methyl/N-ethyl adjacent to an activating group) is 1. The van der Waals surface area contributed by atoms with Gasteiger partial charge in [-0.15, -0.1) is 0 Å². The number of aliphatic hydroxyl groups excluding tert-OH is 1. The van der Waals surface area contributed by atoms with Crippen LogP contribution in [0.4, 0.5) is 0 Å². The van der Waals surface area contributed by atoms with Crippen LogP contribution in [0.2, 0.25) is 0 Å². The van der Waals surface area contributed by atoms with Crippen LogP contribution in [0.3, 0.4) is 0 Å². The normalized spacial score (nSPS) is 47.5. The smallest absolute Gasteiger partial charge is 0.0748 e. The van der Waals surface area contributed by atoms with Crippen molar-refractivity contribution in [3.8, 4) is 0 Å². The third-order valence-electron chi connectivity index (χ3n) is 5.98. The van der Waals surface area contributed by atoms with Crippen LogP contribution in [0, 0.1) is 23.2 Å². The van der Waals surface area contributed by atoms with Crippen molar-refractivity contribution in [2.45, 2.75) is 57.6 Å². The van der Waals surface area contributed by atoms with Gasteiger partial charge in [0.1, 0.15) is 0 Å². The maximum absolute atomic E-state index is 10.8. The van der Waals surface area contributed by atoms with Crippen LogP contribution in [0.5, 0.6) is 0 Å². The Hall–Kier alpha value is -0.0800. The molecule has 4 saturated carbocycles. The molecule has 4 rings (SSSR count). The highest BCUT2D eigenvalue weighted by Gasteiger charge is 2.54. The molecule has 0 aromatic rings. The van der Waals surface area contributed by atoms with E-state index in [-0.39, 0.29) is 11.5 Å². The summed E-state index contributed by atoms with van der Waals surface area (Å²) < 4.78 is 0. The van der Waals surface area contributed by atoms with Crippen LogP contribution in [0.1, 0.15) is 45.4 Å². The van der Waals surface area contributed by atoms with Crippen molar-refractivity contribution in [2.75, 3.05) is 14.1 Å². The molecule has 0 radical (unpaired) electrons. The van der Waals surface area contributed by atoms with Crippen molar-refractivity contribution in [3.63, 3.8) is 0 Å². The first-order valence-corrected chi connectivity index (χ1v) is 7.35. The topological polar surface area (TPSA) is 23.5 Å². The second-order valence-electron chi connectivity index (χ2n) is 7.43. The largest absolute Gasteiger partial charge is 0.391 e. The summed E-state index contributed by atoms with van der Waals surface area (Å²) in [4.78, 5) is 2.18. The minimum Gasteiger partial charge on any atom is -0.391 e. The van der Waals surface area contributed by atoms with Gasteiger partial charge < -0.3 is 10.0 Å². The van der Waals surface area contributed by atoms with Crippen molar-refractivity contribution in [1.29, 1.82) is 0 Å². The van der Waals surface area contributed by atoms with Crippen LogP contribution in [-0.2, 0) is 0 Å². The van der Waals surface area contributed by atoms with E-state index in [4.69, 9.17) is 0 Å². The molecular formula is C15H27NO. The summed E-state index contributed by atoms with van der Waals surface area (Å²) in [5, 5.41) is 10.8. The van der Waals surface area contributed by atoms with Gasteiger partial charge in [-0.2, -0.15) is 0 Å². The van der Waals surface area contributed by atoms with E-state index in [1.54, 1.807) is 0 Å². The van der Waals surface area contributed by atoms with E-state index in [9.17, 15) is 5.11 Å². The van der Waals surface area contributed by atoms with Crippen molar-refractivity contribution in [2.24, 2.45) is 23.2 Å². The SMILES string of the molecule is C[C@@H]([C@@H](O)C12CC3CC(CC(C3)C1)C2)N(C)C. The molecule has 0 heterocycles. The number of aliphatic hydroxyl groups is 1. The van der Waals surface area contributed by atoms with E-state index in [1.807, 2.05) is 0 Å². The second kappa shape index (κ2) is 3.96. The Bertz CT molecular complexity index is 264. The van der Waals surface area contributed by atoms with Gasteiger partial charge in [-0.1, -0.05) is 0 Å². The first kappa shape index (κ1) is 12.0. The summed E-state index contributed by atoms with van der Waals surface area (Å²) in [7, 11) is 4.18. The molecule has 0 saturated heterocycles. The van der Waals surface area contributed by atoms with Gasteiger partial charge in [-0.25, -0.2) is 0 Å². The minimum atomic E-state index is -0.120. The van der Waals surface area contributed by atoms with Gasteiger partial charge in [-0.3, -0.25) is 0 Å². The molecule has 98 valence electrons. The molecule has 4 aliphatic rings. The van der Waals surface area contributed by atoms with Crippen molar-refractivity contribution in [3.05, 3.63) is 0 Å². The quantitative estimate of drug-likeness (QED) is 0.815. The van der Waals surface area contributed by atoms with Crippen LogP contribution in [-0.4, -0.2) is 36.2 Å². The van der Waals surface area contributed by atoms with Crippen LogP contribution in [0.15, 0.2) is 0 Å². The Kier molecular flexibility index (Phi) is 2.79. The van der Waals surface area contributed by atoms with Crippen LogP contribution in [0.25, 0.3) is 0 Å². The predicted octanol–water partition coefficient (Wildman–Crippen LogP) is 2.51. The summed E-state index contributed by atoms with van der Waals surface area (Å²) in [6.45, 7) is 2.18. The summed E-state index contributed by atoms with van der Waals surface area (Å²) >= 11 is 0. The highest BCUT2D eigenvalue weighted by molar-refractivity contribution is 5.05. The molecule has 0 amide bonds. The van der Waals surface area contributed by atoms with Gasteiger partial charge >= 0.3 is 0 Å². The molecule has 0 spiro atoms. The first-order chi connectivity index (χ1) is 8.00. The lowest BCUT2D eigenvalue weighted by atomic mass is 9.47. The molecule has 17 heavy (non-hydrogen) atoms. The zero-order valence-electron chi connectivity index (χ0n) is 11.5. The van der Waals surface area contributed by atoms with Gasteiger partial charge in [0, 0.05) is 6.04 Å². The molecule has 0 aromatic carbocycles. The highest BCUT2D eigenvalue weighted by Crippen LogP contribution is 2.61. The third kappa shape index (κ3) is 1.84. The molecule has 4 fully saturated rings. The lowest BCUT2D eigenvalue weighted by molar-refractivity contribution is -0.137. The summed E-state index contributed by atoms with van der Waals surface area (Å²) in [6, 6.07) is 0.297. The van der Waals surface area contributed by atoms with E-state index < -0.39 is 0 Å². The molecule has 1 N–H and O–H groups in total. The summed E-state index contributed by atoms with van der Waals surface area (Å²) in [5.74, 6) is 2.81. The number of hydrogen-bond acceptors (Lipinski definition) is 2. The van der Waals surface area contributed by atoms with E-state index in [1.165, 1.54) is 38.5 Å². The fourth-order valence-electron chi connectivity index (χ4n) is 5.33. The number of hydrogen-bond donors (Lipinski definition) is 1. The maximum atomic E-state index is 10.8. The zero-order valence-corrected chi connectivity index (χ0v) is 11.5. The molecule has 4 bridgehead atoms. The molecule has 4 aliphatic carbocycles. The second-order valence-corrected chi connectivity index (χ2v) is 7.43. The Labute approximate surface area is 105 Å². The number of nitrogens with zero attached hydrogens (tertiary/aromatic N) is 1. The Balaban J connectivity index is 1.81. The van der Waals surface area contributed by atoms with E-state index in [0.29, 0.717) is 6.04 Å². The molecule has 2 atom stereocenters. The molecule has 2 heteroatoms. The fourth-order valence-corrected chi connectivity index (χ4v) is 5.33. The van der Waals surface area contributed by atoms with Gasteiger partial charge in [0.2, 0.25) is 0 Å². The Morgan fingerprint density at radius 3 is 1.76 bits per heavy atom. The number of rotatable bonds is 3. The Morgan fingerprint density at radius 2 is 1.41 bits per heavy atom. The standard InChI is InChI=1S/C15H27NO/c1-10(16(2)3)14(17)15-7-11-4-12(8-15)6-13(5-11)9-15/h10-14,17H,4-9H2,1-3H3/t10-,11?,12?,13?,14+,15?/m0/s1. The first-order valence-electron chi connectivity index (χ1n) is 7.35. The van der Waals surface area contributed by atoms with Crippen LogP contribution >= 0.6 is 0 Å². The van der Waals surface area contributed by atoms with E-state index in [2.05, 4.69) is 25.9 Å². The molecule has 0 unspecified atom stereocenters. The highest BCUT2D eigenvalue weighted by atomic mass is 16.3. The predicted molar refractivity (Wildman–Crippen MR) is 69.8 cm³/mol. The zero-order chi connectivity index (χ0) is 12.2. The molecule has 2 nitrogen and oxygen atoms in total. The van der Waals surface area contributed by atoms with Crippen molar-refractivity contribution in [1.82, 2.24) is 4.90 Å². The molecule has 0 aromatic heterocycles. The average Bonchev–Trinajstić information content (AvgIpc) is 2.25. The van der Waals surface area contributed by atoms with Gasteiger partial charge in [-0.05, 0) is 82.7 Å². The van der Waals surface area contributed by atoms with Gasteiger partial charge in [0.05, 0.1) is 6.10 Å². The average molecular weight is 237 g/mol. The van der Waals surface area contributed by atoms with Crippen molar-refractivity contribution >= 4 is 0 Å². The minimum absolute atomic E-state index is 0.120. The lowest BCUT2D eigenvalue weighted by Gasteiger charge is -2.59. The Morgan fingerprint density at radius 1 is 1.00 bits per heavy atom. The monoisotopic (exact) mass is 237 g/mol. The third-order valence-corrected chi connectivity index (χ3v) is 5.98. The van der Waals surface area contributed by atoms with Crippen LogP contribution < -0.4 is 0 Å². The van der Waals surface area contributed by atoms with Crippen molar-refractivity contribution < 1.29 is 5.11 Å². The fraction of sp³-hybridized carbons (Fsp3) is 1.00. The molecule has 0 aliphatic heterocycles.